The van der Waals surface area contributed by atoms with E-state index in [1.807, 2.05) is 19.1 Å². The minimum atomic E-state index is -1.26. The van der Waals surface area contributed by atoms with Crippen molar-refractivity contribution in [3.63, 3.8) is 0 Å². The lowest BCUT2D eigenvalue weighted by Gasteiger charge is -2.43. The van der Waals surface area contributed by atoms with Gasteiger partial charge in [-0.2, -0.15) is 0 Å². The number of hydrogen-bond acceptors (Lipinski definition) is 6. The fourth-order valence-electron chi connectivity index (χ4n) is 4.99. The lowest BCUT2D eigenvalue weighted by Crippen LogP contribution is -2.65. The van der Waals surface area contributed by atoms with Gasteiger partial charge in [-0.25, -0.2) is 0 Å². The van der Waals surface area contributed by atoms with Crippen molar-refractivity contribution in [2.75, 3.05) is 26.8 Å². The molecule has 2 N–H and O–H groups in total. The van der Waals surface area contributed by atoms with Crippen LogP contribution in [-0.2, 0) is 19.1 Å². The zero-order valence-corrected chi connectivity index (χ0v) is 21.6. The Morgan fingerprint density at radius 2 is 1.84 bits per heavy atom. The van der Waals surface area contributed by atoms with E-state index < -0.39 is 36.1 Å². The molecule has 0 aliphatic carbocycles. The topological polar surface area (TPSA) is 125 Å². The second-order valence-electron chi connectivity index (χ2n) is 9.56. The van der Waals surface area contributed by atoms with Gasteiger partial charge in [0.15, 0.2) is 6.17 Å². The summed E-state index contributed by atoms with van der Waals surface area (Å²) in [6, 6.07) is 13.0. The second-order valence-corrected chi connectivity index (χ2v) is 9.56. The van der Waals surface area contributed by atoms with Crippen LogP contribution in [0.3, 0.4) is 0 Å². The first-order valence-corrected chi connectivity index (χ1v) is 12.7. The van der Waals surface area contributed by atoms with Crippen LogP contribution in [0.4, 0.5) is 0 Å². The van der Waals surface area contributed by atoms with Crippen molar-refractivity contribution in [3.8, 4) is 5.75 Å². The summed E-state index contributed by atoms with van der Waals surface area (Å²) in [6.45, 7) is 2.85. The first kappa shape index (κ1) is 27.1. The minimum Gasteiger partial charge on any atom is -0.497 e. The van der Waals surface area contributed by atoms with Crippen LogP contribution in [-0.4, -0.2) is 77.7 Å². The Bertz CT molecular complexity index is 1190. The average molecular weight is 524 g/mol. The SMILES string of the molecule is COc1cccc(C(=O)N2CCCN(C(=O)C3CCCO3)C2C(=O)NC(CC(=O)O)c2cccc(C)c2)c1. The van der Waals surface area contributed by atoms with Crippen molar-refractivity contribution in [3.05, 3.63) is 65.2 Å². The fraction of sp³-hybridized carbons (Fsp3) is 0.429. The number of hydrogen-bond donors (Lipinski definition) is 2. The third-order valence-electron chi connectivity index (χ3n) is 6.83. The zero-order valence-electron chi connectivity index (χ0n) is 21.6. The summed E-state index contributed by atoms with van der Waals surface area (Å²) in [6.07, 6.45) is -0.538. The maximum atomic E-state index is 13.9. The Labute approximate surface area is 221 Å². The highest BCUT2D eigenvalue weighted by molar-refractivity contribution is 5.99. The zero-order chi connectivity index (χ0) is 27.2. The van der Waals surface area contributed by atoms with Gasteiger partial charge in [0.1, 0.15) is 11.9 Å². The maximum absolute atomic E-state index is 13.9. The molecule has 202 valence electrons. The predicted molar refractivity (Wildman–Crippen MR) is 137 cm³/mol. The molecule has 2 aromatic carbocycles. The average Bonchev–Trinajstić information content (AvgIpc) is 3.46. The molecule has 3 atom stereocenters. The van der Waals surface area contributed by atoms with Crippen molar-refractivity contribution in [1.29, 1.82) is 0 Å². The van der Waals surface area contributed by atoms with Crippen LogP contribution >= 0.6 is 0 Å². The largest absolute Gasteiger partial charge is 0.497 e. The smallest absolute Gasteiger partial charge is 0.305 e. The molecular formula is C28H33N3O7. The van der Waals surface area contributed by atoms with Crippen LogP contribution in [0.1, 0.15) is 53.2 Å². The van der Waals surface area contributed by atoms with E-state index in [-0.39, 0.29) is 25.4 Å². The van der Waals surface area contributed by atoms with Gasteiger partial charge in [0.25, 0.3) is 17.7 Å². The van der Waals surface area contributed by atoms with Gasteiger partial charge in [-0.1, -0.05) is 35.9 Å². The molecule has 3 unspecified atom stereocenters. The molecule has 10 nitrogen and oxygen atoms in total. The summed E-state index contributed by atoms with van der Waals surface area (Å²) in [7, 11) is 1.50. The maximum Gasteiger partial charge on any atom is 0.305 e. The summed E-state index contributed by atoms with van der Waals surface area (Å²) < 4.78 is 10.9. The normalized spacial score (nSPS) is 20.1. The number of nitrogens with zero attached hydrogens (tertiary/aromatic N) is 2. The third-order valence-corrected chi connectivity index (χ3v) is 6.83. The number of carbonyl (C=O) groups excluding carboxylic acids is 3. The van der Waals surface area contributed by atoms with Gasteiger partial charge in [-0.05, 0) is 49.9 Å². The summed E-state index contributed by atoms with van der Waals surface area (Å²) in [5, 5.41) is 12.4. The standard InChI is InChI=1S/C28H33N3O7/c1-18-7-3-8-19(15-18)22(17-24(32)33)29-25(34)26-30(27(35)20-9-4-10-21(16-20)37-2)12-6-13-31(26)28(36)23-11-5-14-38-23/h3-4,7-10,15-16,22-23,26H,5-6,11-14,17H2,1-2H3,(H,29,34)(H,32,33). The van der Waals surface area contributed by atoms with Gasteiger partial charge < -0.3 is 29.7 Å². The number of nitrogens with one attached hydrogen (secondary N) is 1. The number of rotatable bonds is 8. The van der Waals surface area contributed by atoms with Crippen LogP contribution in [0.5, 0.6) is 5.75 Å². The van der Waals surface area contributed by atoms with Crippen molar-refractivity contribution >= 4 is 23.7 Å². The van der Waals surface area contributed by atoms with E-state index in [0.717, 1.165) is 12.0 Å². The fourth-order valence-corrected chi connectivity index (χ4v) is 4.99. The molecule has 0 spiro atoms. The molecular weight excluding hydrogens is 490 g/mol. The molecule has 2 aliphatic rings. The molecule has 2 saturated heterocycles. The second kappa shape index (κ2) is 12.1. The molecule has 2 heterocycles. The van der Waals surface area contributed by atoms with Crippen LogP contribution in [0, 0.1) is 6.92 Å². The van der Waals surface area contributed by atoms with Crippen molar-refractivity contribution in [2.24, 2.45) is 0 Å². The lowest BCUT2D eigenvalue weighted by atomic mass is 10.0. The predicted octanol–water partition coefficient (Wildman–Crippen LogP) is 2.52. The van der Waals surface area contributed by atoms with Gasteiger partial charge in [0.05, 0.1) is 19.6 Å². The first-order chi connectivity index (χ1) is 18.3. The molecule has 4 rings (SSSR count). The number of aliphatic carboxylic acids is 1. The molecule has 3 amide bonds. The third kappa shape index (κ3) is 6.13. The number of carbonyl (C=O) groups is 4. The van der Waals surface area contributed by atoms with Crippen molar-refractivity contribution < 1.29 is 33.8 Å². The van der Waals surface area contributed by atoms with E-state index in [2.05, 4.69) is 5.32 Å². The van der Waals surface area contributed by atoms with Gasteiger partial charge in [0.2, 0.25) is 0 Å². The quantitative estimate of drug-likeness (QED) is 0.545. The van der Waals surface area contributed by atoms with Gasteiger partial charge in [-0.3, -0.25) is 19.2 Å². The number of amides is 3. The number of ether oxygens (including phenoxy) is 2. The highest BCUT2D eigenvalue weighted by atomic mass is 16.5. The Morgan fingerprint density at radius 3 is 2.53 bits per heavy atom. The Morgan fingerprint density at radius 1 is 1.08 bits per heavy atom. The highest BCUT2D eigenvalue weighted by Gasteiger charge is 2.43. The molecule has 0 aromatic heterocycles. The number of aryl methyl sites for hydroxylation is 1. The molecule has 0 saturated carbocycles. The summed E-state index contributed by atoms with van der Waals surface area (Å²) in [5.41, 5.74) is 1.85. The number of carboxylic acid groups (broad SMARTS) is 1. The Hall–Kier alpha value is -3.92. The van der Waals surface area contributed by atoms with Crippen LogP contribution in [0.25, 0.3) is 0 Å². The Balaban J connectivity index is 1.68. The van der Waals surface area contributed by atoms with Gasteiger partial charge in [-0.15, -0.1) is 0 Å². The lowest BCUT2D eigenvalue weighted by molar-refractivity contribution is -0.156. The molecule has 2 aliphatic heterocycles. The minimum absolute atomic E-state index is 0.247. The summed E-state index contributed by atoms with van der Waals surface area (Å²) >= 11 is 0. The van der Waals surface area contributed by atoms with E-state index in [1.165, 1.54) is 16.9 Å². The number of carboxylic acids is 1. The molecule has 2 aromatic rings. The van der Waals surface area contributed by atoms with Crippen LogP contribution < -0.4 is 10.1 Å². The van der Waals surface area contributed by atoms with Gasteiger partial charge in [0, 0.05) is 25.3 Å². The van der Waals surface area contributed by atoms with Crippen LogP contribution in [0.2, 0.25) is 0 Å². The molecule has 10 heteroatoms. The first-order valence-electron chi connectivity index (χ1n) is 12.7. The monoisotopic (exact) mass is 523 g/mol. The van der Waals surface area contributed by atoms with Gasteiger partial charge >= 0.3 is 5.97 Å². The van der Waals surface area contributed by atoms with Crippen molar-refractivity contribution in [1.82, 2.24) is 15.1 Å². The summed E-state index contributed by atoms with van der Waals surface area (Å²) in [4.78, 5) is 55.5. The summed E-state index contributed by atoms with van der Waals surface area (Å²) in [5.74, 6) is -2.01. The molecule has 0 radical (unpaired) electrons. The molecule has 2 fully saturated rings. The molecule has 38 heavy (non-hydrogen) atoms. The van der Waals surface area contributed by atoms with E-state index in [1.54, 1.807) is 36.4 Å². The van der Waals surface area contributed by atoms with Crippen LogP contribution in [0.15, 0.2) is 48.5 Å². The number of methoxy groups -OCH3 is 1. The van der Waals surface area contributed by atoms with E-state index in [9.17, 15) is 24.3 Å². The number of benzene rings is 2. The molecule has 0 bridgehead atoms. The van der Waals surface area contributed by atoms with E-state index in [0.29, 0.717) is 36.3 Å². The van der Waals surface area contributed by atoms with E-state index in [4.69, 9.17) is 9.47 Å². The highest BCUT2D eigenvalue weighted by Crippen LogP contribution is 2.26. The Kier molecular flexibility index (Phi) is 8.62. The van der Waals surface area contributed by atoms with E-state index >= 15 is 0 Å². The van der Waals surface area contributed by atoms with Crippen molar-refractivity contribution in [2.45, 2.75) is 50.9 Å².